The fraction of sp³-hybridized carbons (Fsp3) is 0.607. The van der Waals surface area contributed by atoms with E-state index in [-0.39, 0.29) is 32.1 Å². The van der Waals surface area contributed by atoms with Gasteiger partial charge >= 0.3 is 12.1 Å². The number of imide groups is 1. The molecule has 2 aliphatic heterocycles. The van der Waals surface area contributed by atoms with Gasteiger partial charge in [0, 0.05) is 45.8 Å². The van der Waals surface area contributed by atoms with Crippen molar-refractivity contribution in [2.45, 2.75) is 77.1 Å². The van der Waals surface area contributed by atoms with Gasteiger partial charge in [-0.05, 0) is 51.4 Å². The predicted molar refractivity (Wildman–Crippen MR) is 151 cm³/mol. The monoisotopic (exact) mass is 560 g/mol. The molecule has 2 fully saturated rings. The van der Waals surface area contributed by atoms with E-state index in [0.717, 1.165) is 16.9 Å². The zero-order valence-electron chi connectivity index (χ0n) is 23.9. The highest BCUT2D eigenvalue weighted by atomic mass is 28.3. The summed E-state index contributed by atoms with van der Waals surface area (Å²) < 4.78 is 28.5. The first-order valence-corrected chi connectivity index (χ1v) is 17.4. The second-order valence-electron chi connectivity index (χ2n) is 12.6. The first kappa shape index (κ1) is 29.1. The average molecular weight is 561 g/mol. The third-order valence-corrected chi connectivity index (χ3v) is 8.78. The van der Waals surface area contributed by atoms with Crippen LogP contribution in [0.25, 0.3) is 10.9 Å². The molecule has 11 heteroatoms. The second kappa shape index (κ2) is 11.3. The van der Waals surface area contributed by atoms with Crippen molar-refractivity contribution in [1.82, 2.24) is 14.4 Å². The summed E-state index contributed by atoms with van der Waals surface area (Å²) in [6.45, 7) is 13.2. The van der Waals surface area contributed by atoms with Crippen LogP contribution in [0, 0.1) is 0 Å². The number of fused-ring (bicyclic) bond motifs is 1. The highest BCUT2D eigenvalue weighted by Gasteiger charge is 2.37. The number of alkyl halides is 1. The van der Waals surface area contributed by atoms with E-state index < -0.39 is 38.0 Å². The number of carbonyl (C=O) groups excluding carboxylic acids is 3. The van der Waals surface area contributed by atoms with Gasteiger partial charge in [-0.3, -0.25) is 9.69 Å². The minimum atomic E-state index is -1.29. The number of hydrogen-bond acceptors (Lipinski definition) is 5. The molecule has 214 valence electrons. The average Bonchev–Trinajstić information content (AvgIpc) is 3.26. The Bertz CT molecular complexity index is 1220. The van der Waals surface area contributed by atoms with Crippen LogP contribution < -0.4 is 4.90 Å². The van der Waals surface area contributed by atoms with Gasteiger partial charge in [-0.2, -0.15) is 0 Å². The summed E-state index contributed by atoms with van der Waals surface area (Å²) in [5.74, 6) is -0.244. The highest BCUT2D eigenvalue weighted by molar-refractivity contribution is 6.76. The molecule has 0 saturated carbocycles. The third-order valence-electron chi connectivity index (χ3n) is 7.08. The van der Waals surface area contributed by atoms with Crippen LogP contribution in [-0.2, 0) is 14.3 Å². The molecule has 0 unspecified atom stereocenters. The molecule has 39 heavy (non-hydrogen) atoms. The van der Waals surface area contributed by atoms with Gasteiger partial charge < -0.3 is 18.9 Å². The lowest BCUT2D eigenvalue weighted by molar-refractivity contribution is -0.133. The summed E-state index contributed by atoms with van der Waals surface area (Å²) in [6.07, 6.45) is 0.703. The number of carbonyl (C=O) groups is 3. The number of anilines is 1. The van der Waals surface area contributed by atoms with Gasteiger partial charge in [-0.15, -0.1) is 0 Å². The fourth-order valence-electron chi connectivity index (χ4n) is 4.97. The number of rotatable bonds is 7. The molecule has 1 aromatic carbocycles. The topological polar surface area (TPSA) is 84.3 Å². The molecule has 4 amide bonds. The van der Waals surface area contributed by atoms with Crippen molar-refractivity contribution in [1.29, 1.82) is 0 Å². The quantitative estimate of drug-likeness (QED) is 0.324. The lowest BCUT2D eigenvalue weighted by Crippen LogP contribution is -2.53. The molecule has 2 aliphatic rings. The van der Waals surface area contributed by atoms with Gasteiger partial charge in [0.25, 0.3) is 0 Å². The molecule has 0 radical (unpaired) electrons. The second-order valence-corrected chi connectivity index (χ2v) is 18.2. The Kier molecular flexibility index (Phi) is 8.41. The van der Waals surface area contributed by atoms with Gasteiger partial charge in [0.1, 0.15) is 18.5 Å². The summed E-state index contributed by atoms with van der Waals surface area (Å²) in [5, 5.41) is 0.807. The highest BCUT2D eigenvalue weighted by Crippen LogP contribution is 2.35. The first-order valence-electron chi connectivity index (χ1n) is 13.7. The maximum atomic E-state index is 15.4. The van der Waals surface area contributed by atoms with Crippen molar-refractivity contribution in [3.05, 3.63) is 30.5 Å². The molecule has 2 atom stereocenters. The van der Waals surface area contributed by atoms with Crippen molar-refractivity contribution in [3.63, 3.8) is 0 Å². The number of ether oxygens (including phenoxy) is 2. The van der Waals surface area contributed by atoms with Crippen LogP contribution in [-0.4, -0.2) is 85.2 Å². The number of piperidine rings is 1. The van der Waals surface area contributed by atoms with Crippen molar-refractivity contribution in [2.75, 3.05) is 37.9 Å². The Morgan fingerprint density at radius 2 is 1.87 bits per heavy atom. The maximum absolute atomic E-state index is 15.4. The van der Waals surface area contributed by atoms with Crippen molar-refractivity contribution >= 4 is 42.7 Å². The van der Waals surface area contributed by atoms with Crippen LogP contribution >= 0.6 is 0 Å². The molecule has 0 spiro atoms. The Labute approximate surface area is 230 Å². The van der Waals surface area contributed by atoms with E-state index in [1.54, 1.807) is 25.7 Å². The molecule has 0 N–H and O–H groups in total. The standard InChI is InChI=1S/C28H41FN4O5Si/c1-28(2,3)38-27(36)30-13-11-24(21(29)18-30)31-14-10-20-22(31)8-7-9-23(20)32-15-12-25(34)33(26(32)35)19-37-16-17-39(4,5)6/h7-10,14,21,24H,11-13,15-19H2,1-6H3/t21-,24+/m0/s1. The molecular weight excluding hydrogens is 519 g/mol. The molecule has 3 heterocycles. The number of amides is 4. The normalized spacial score (nSPS) is 21.2. The Morgan fingerprint density at radius 3 is 2.54 bits per heavy atom. The Morgan fingerprint density at radius 1 is 1.13 bits per heavy atom. The zero-order valence-corrected chi connectivity index (χ0v) is 24.9. The first-order chi connectivity index (χ1) is 18.2. The van der Waals surface area contributed by atoms with Gasteiger partial charge in [-0.1, -0.05) is 25.7 Å². The number of hydrogen-bond donors (Lipinski definition) is 0. The number of nitrogens with zero attached hydrogens (tertiary/aromatic N) is 4. The van der Waals surface area contributed by atoms with Gasteiger partial charge in [0.05, 0.1) is 23.8 Å². The van der Waals surface area contributed by atoms with E-state index in [1.165, 1.54) is 9.80 Å². The molecule has 2 aromatic rings. The van der Waals surface area contributed by atoms with Gasteiger partial charge in [0.2, 0.25) is 5.91 Å². The molecule has 1 aromatic heterocycles. The molecule has 9 nitrogen and oxygen atoms in total. The third kappa shape index (κ3) is 6.81. The van der Waals surface area contributed by atoms with Crippen molar-refractivity contribution in [3.8, 4) is 0 Å². The van der Waals surface area contributed by atoms with E-state index in [2.05, 4.69) is 19.6 Å². The van der Waals surface area contributed by atoms with Crippen molar-refractivity contribution < 1.29 is 28.2 Å². The predicted octanol–water partition coefficient (Wildman–Crippen LogP) is 5.63. The summed E-state index contributed by atoms with van der Waals surface area (Å²) >= 11 is 0. The Balaban J connectivity index is 1.49. The van der Waals surface area contributed by atoms with Crippen LogP contribution in [0.4, 0.5) is 19.7 Å². The number of benzene rings is 1. The molecule has 2 saturated heterocycles. The Hall–Kier alpha value is -2.92. The van der Waals surface area contributed by atoms with E-state index in [4.69, 9.17) is 9.47 Å². The van der Waals surface area contributed by atoms with Crippen molar-refractivity contribution in [2.24, 2.45) is 0 Å². The van der Waals surface area contributed by atoms with E-state index in [0.29, 0.717) is 25.3 Å². The number of aromatic nitrogens is 1. The summed E-state index contributed by atoms with van der Waals surface area (Å²) in [6, 6.07) is 7.57. The van der Waals surface area contributed by atoms with E-state index >= 15 is 4.39 Å². The minimum Gasteiger partial charge on any atom is -0.444 e. The molecular formula is C28H41FN4O5Si. The number of urea groups is 1. The molecule has 0 bridgehead atoms. The lowest BCUT2D eigenvalue weighted by Gasteiger charge is -2.36. The summed E-state index contributed by atoms with van der Waals surface area (Å²) in [4.78, 5) is 42.6. The van der Waals surface area contributed by atoms with Gasteiger partial charge in [0.15, 0.2) is 0 Å². The van der Waals surface area contributed by atoms with E-state index in [9.17, 15) is 14.4 Å². The smallest absolute Gasteiger partial charge is 0.410 e. The summed E-state index contributed by atoms with van der Waals surface area (Å²) in [5.41, 5.74) is 0.838. The summed E-state index contributed by atoms with van der Waals surface area (Å²) in [7, 11) is -1.29. The van der Waals surface area contributed by atoms with Crippen LogP contribution in [0.5, 0.6) is 0 Å². The maximum Gasteiger partial charge on any atom is 0.410 e. The lowest BCUT2D eigenvalue weighted by atomic mass is 10.0. The van der Waals surface area contributed by atoms with E-state index in [1.807, 2.05) is 35.0 Å². The van der Waals surface area contributed by atoms with Crippen LogP contribution in [0.2, 0.25) is 25.7 Å². The molecule has 4 rings (SSSR count). The van der Waals surface area contributed by atoms with Crippen LogP contribution in [0.15, 0.2) is 30.5 Å². The van der Waals surface area contributed by atoms with Gasteiger partial charge in [-0.25, -0.2) is 18.9 Å². The minimum absolute atomic E-state index is 0.0433. The SMILES string of the molecule is CC(C)(C)OC(=O)N1CC[C@@H](n2ccc3c(N4CCC(=O)N(COCC[Si](C)(C)C)C4=O)cccc32)[C@@H](F)C1. The zero-order chi connectivity index (χ0) is 28.5. The fourth-order valence-corrected chi connectivity index (χ4v) is 5.73. The number of likely N-dealkylation sites (tertiary alicyclic amines) is 1. The van der Waals surface area contributed by atoms with Crippen LogP contribution in [0.3, 0.4) is 0 Å². The molecule has 0 aliphatic carbocycles. The largest absolute Gasteiger partial charge is 0.444 e. The van der Waals surface area contributed by atoms with Crippen LogP contribution in [0.1, 0.15) is 39.7 Å². The number of halogens is 1.